The first-order valence-electron chi connectivity index (χ1n) is 5.96. The molecule has 0 aliphatic heterocycles. The third-order valence-corrected chi connectivity index (χ3v) is 3.69. The Bertz CT molecular complexity index is 718. The van der Waals surface area contributed by atoms with Gasteiger partial charge in [-0.1, -0.05) is 18.2 Å². The van der Waals surface area contributed by atoms with Crippen molar-refractivity contribution in [2.75, 3.05) is 0 Å². The van der Waals surface area contributed by atoms with Crippen LogP contribution in [-0.4, -0.2) is 22.0 Å². The second-order valence-electron chi connectivity index (χ2n) is 4.27. The second-order valence-corrected chi connectivity index (χ2v) is 5.26. The number of hydrogen-bond acceptors (Lipinski definition) is 4. The molecule has 0 saturated heterocycles. The summed E-state index contributed by atoms with van der Waals surface area (Å²) in [6.45, 7) is 0. The quantitative estimate of drug-likeness (QED) is 0.506. The number of carbonyl (C=O) groups is 2. The van der Waals surface area contributed by atoms with Crippen LogP contribution in [0.2, 0.25) is 0 Å². The molecule has 108 valence electrons. The molecule has 0 aliphatic rings. The third kappa shape index (κ3) is 3.76. The molecule has 21 heavy (non-hydrogen) atoms. The fraction of sp³-hybridized carbons (Fsp3) is 0.0667. The van der Waals surface area contributed by atoms with Crippen molar-refractivity contribution in [2.24, 2.45) is 0 Å². The predicted molar refractivity (Wildman–Crippen MR) is 76.8 cm³/mol. The van der Waals surface area contributed by atoms with E-state index in [2.05, 4.69) is 0 Å². The number of carboxylic acids is 1. The molecule has 0 unspecified atom stereocenters. The van der Waals surface area contributed by atoms with Crippen molar-refractivity contribution < 1.29 is 24.2 Å². The van der Waals surface area contributed by atoms with Crippen molar-refractivity contribution in [1.29, 1.82) is 0 Å². The molecule has 0 amide bonds. The molecule has 1 heterocycles. The van der Waals surface area contributed by atoms with Crippen LogP contribution in [0.3, 0.4) is 0 Å². The summed E-state index contributed by atoms with van der Waals surface area (Å²) < 4.78 is 13.5. The molecular formula is C15H11FO4S. The Morgan fingerprint density at radius 2 is 1.95 bits per heavy atom. The maximum absolute atomic E-state index is 13.5. The Morgan fingerprint density at radius 3 is 2.62 bits per heavy atom. The number of aliphatic hydroxyl groups is 1. The van der Waals surface area contributed by atoms with E-state index in [1.807, 2.05) is 0 Å². The van der Waals surface area contributed by atoms with Gasteiger partial charge < -0.3 is 10.2 Å². The summed E-state index contributed by atoms with van der Waals surface area (Å²) in [4.78, 5) is 22.2. The minimum atomic E-state index is -1.64. The van der Waals surface area contributed by atoms with E-state index in [0.29, 0.717) is 23.6 Å². The van der Waals surface area contributed by atoms with Gasteiger partial charge in [0, 0.05) is 28.3 Å². The number of halogens is 1. The number of aliphatic carboxylic acids is 1. The first kappa shape index (κ1) is 14.9. The van der Waals surface area contributed by atoms with Crippen LogP contribution in [0, 0.1) is 5.82 Å². The van der Waals surface area contributed by atoms with E-state index in [-0.39, 0.29) is 5.82 Å². The van der Waals surface area contributed by atoms with Crippen molar-refractivity contribution >= 4 is 28.8 Å². The fourth-order valence-electron chi connectivity index (χ4n) is 1.71. The minimum absolute atomic E-state index is 0.312. The van der Waals surface area contributed by atoms with Gasteiger partial charge in [-0.15, -0.1) is 11.3 Å². The average molecular weight is 306 g/mol. The van der Waals surface area contributed by atoms with Crippen molar-refractivity contribution in [3.8, 4) is 0 Å². The topological polar surface area (TPSA) is 74.6 Å². The highest BCUT2D eigenvalue weighted by Crippen LogP contribution is 2.23. The fourth-order valence-corrected chi connectivity index (χ4v) is 2.61. The standard InChI is InChI=1S/C15H11FO4S/c16-12-4-2-1-3-9(12)5-11-6-10(8-21-11)13(17)7-14(18)15(19)20/h1-4,6-8,17H,5H2,(H,19,20). The first-order valence-corrected chi connectivity index (χ1v) is 6.84. The molecule has 1 aromatic heterocycles. The molecule has 0 saturated carbocycles. The van der Waals surface area contributed by atoms with Crippen LogP contribution < -0.4 is 0 Å². The summed E-state index contributed by atoms with van der Waals surface area (Å²) >= 11 is 1.29. The summed E-state index contributed by atoms with van der Waals surface area (Å²) in [5.74, 6) is -3.57. The van der Waals surface area contributed by atoms with Crippen LogP contribution in [0.1, 0.15) is 16.0 Å². The Morgan fingerprint density at radius 1 is 1.24 bits per heavy atom. The maximum Gasteiger partial charge on any atom is 0.376 e. The predicted octanol–water partition coefficient (Wildman–Crippen LogP) is 3.03. The number of benzene rings is 1. The molecule has 6 heteroatoms. The number of thiophene rings is 1. The Balaban J connectivity index is 2.17. The zero-order chi connectivity index (χ0) is 15.4. The lowest BCUT2D eigenvalue weighted by atomic mass is 10.1. The molecule has 0 atom stereocenters. The first-order chi connectivity index (χ1) is 9.97. The molecule has 0 radical (unpaired) electrons. The van der Waals surface area contributed by atoms with Crippen LogP contribution in [0.25, 0.3) is 5.76 Å². The maximum atomic E-state index is 13.5. The van der Waals surface area contributed by atoms with E-state index in [1.165, 1.54) is 17.4 Å². The Kier molecular flexibility index (Phi) is 4.49. The molecule has 2 N–H and O–H groups in total. The van der Waals surface area contributed by atoms with Gasteiger partial charge in [0.15, 0.2) is 0 Å². The van der Waals surface area contributed by atoms with E-state index < -0.39 is 17.5 Å². The van der Waals surface area contributed by atoms with Gasteiger partial charge in [0.1, 0.15) is 11.6 Å². The zero-order valence-corrected chi connectivity index (χ0v) is 11.6. The van der Waals surface area contributed by atoms with Gasteiger partial charge in [0.25, 0.3) is 5.78 Å². The van der Waals surface area contributed by atoms with E-state index in [0.717, 1.165) is 4.88 Å². The van der Waals surface area contributed by atoms with Crippen molar-refractivity contribution in [3.05, 3.63) is 63.6 Å². The Hall–Kier alpha value is -2.47. The average Bonchev–Trinajstić information content (AvgIpc) is 2.90. The highest BCUT2D eigenvalue weighted by Gasteiger charge is 2.12. The van der Waals surface area contributed by atoms with E-state index in [1.54, 1.807) is 29.6 Å². The highest BCUT2D eigenvalue weighted by molar-refractivity contribution is 7.10. The lowest BCUT2D eigenvalue weighted by molar-refractivity contribution is -0.146. The van der Waals surface area contributed by atoms with Gasteiger partial charge >= 0.3 is 5.97 Å². The number of aliphatic hydroxyl groups excluding tert-OH is 1. The van der Waals surface area contributed by atoms with Gasteiger partial charge in [0.05, 0.1) is 0 Å². The van der Waals surface area contributed by atoms with Crippen LogP contribution >= 0.6 is 11.3 Å². The smallest absolute Gasteiger partial charge is 0.376 e. The number of ketones is 1. The third-order valence-electron chi connectivity index (χ3n) is 2.75. The van der Waals surface area contributed by atoms with Gasteiger partial charge in [-0.3, -0.25) is 4.79 Å². The summed E-state index contributed by atoms with van der Waals surface area (Å²) in [5.41, 5.74) is 0.858. The Labute approximate surface area is 123 Å². The molecular weight excluding hydrogens is 295 g/mol. The van der Waals surface area contributed by atoms with Gasteiger partial charge in [0.2, 0.25) is 0 Å². The summed E-state index contributed by atoms with van der Waals surface area (Å²) in [6, 6.07) is 7.96. The lowest BCUT2D eigenvalue weighted by Gasteiger charge is -2.00. The molecule has 4 nitrogen and oxygen atoms in total. The normalized spacial score (nSPS) is 11.4. The molecule has 2 rings (SSSR count). The number of carboxylic acid groups (broad SMARTS) is 1. The van der Waals surface area contributed by atoms with Crippen LogP contribution in [-0.2, 0) is 16.0 Å². The van der Waals surface area contributed by atoms with Gasteiger partial charge in [-0.25, -0.2) is 9.18 Å². The number of hydrogen-bond donors (Lipinski definition) is 2. The molecule has 0 spiro atoms. The van der Waals surface area contributed by atoms with Crippen molar-refractivity contribution in [1.82, 2.24) is 0 Å². The molecule has 1 aromatic carbocycles. The van der Waals surface area contributed by atoms with Gasteiger partial charge in [-0.05, 0) is 17.7 Å². The largest absolute Gasteiger partial charge is 0.507 e. The summed E-state index contributed by atoms with van der Waals surface area (Å²) in [7, 11) is 0. The lowest BCUT2D eigenvalue weighted by Crippen LogP contribution is -2.09. The van der Waals surface area contributed by atoms with Crippen molar-refractivity contribution in [3.63, 3.8) is 0 Å². The van der Waals surface area contributed by atoms with E-state index in [4.69, 9.17) is 5.11 Å². The minimum Gasteiger partial charge on any atom is -0.507 e. The molecule has 0 fully saturated rings. The van der Waals surface area contributed by atoms with Crippen LogP contribution in [0.4, 0.5) is 4.39 Å². The molecule has 2 aromatic rings. The summed E-state index contributed by atoms with van der Waals surface area (Å²) in [5, 5.41) is 19.7. The number of rotatable bonds is 5. The van der Waals surface area contributed by atoms with E-state index in [9.17, 15) is 19.1 Å². The molecule has 0 bridgehead atoms. The van der Waals surface area contributed by atoms with Gasteiger partial charge in [-0.2, -0.15) is 0 Å². The monoisotopic (exact) mass is 306 g/mol. The number of carbonyl (C=O) groups excluding carboxylic acids is 1. The second kappa shape index (κ2) is 6.32. The SMILES string of the molecule is O=C(O)C(=O)C=C(O)c1csc(Cc2ccccc2F)c1. The zero-order valence-electron chi connectivity index (χ0n) is 10.7. The summed E-state index contributed by atoms with van der Waals surface area (Å²) in [6.07, 6.45) is 1.01. The van der Waals surface area contributed by atoms with E-state index >= 15 is 0 Å². The highest BCUT2D eigenvalue weighted by atomic mass is 32.1. The van der Waals surface area contributed by atoms with Crippen LogP contribution in [0.5, 0.6) is 0 Å². The molecule has 0 aliphatic carbocycles. The van der Waals surface area contributed by atoms with Crippen LogP contribution in [0.15, 0.2) is 41.8 Å². The van der Waals surface area contributed by atoms with Crippen molar-refractivity contribution in [2.45, 2.75) is 6.42 Å².